The van der Waals surface area contributed by atoms with Crippen LogP contribution in [0.3, 0.4) is 0 Å². The number of thioether (sulfide) groups is 1. The Morgan fingerprint density at radius 2 is 1.92 bits per heavy atom. The molecule has 0 aromatic heterocycles. The second-order valence-electron chi connectivity index (χ2n) is 3.69. The third-order valence-electron chi connectivity index (χ3n) is 2.50. The lowest BCUT2D eigenvalue weighted by Gasteiger charge is -2.15. The van der Waals surface area contributed by atoms with E-state index in [4.69, 9.17) is 0 Å². The zero-order valence-corrected chi connectivity index (χ0v) is 9.16. The van der Waals surface area contributed by atoms with E-state index in [1.807, 2.05) is 6.26 Å². The van der Waals surface area contributed by atoms with Gasteiger partial charge in [-0.05, 0) is 19.1 Å². The molecule has 13 heavy (non-hydrogen) atoms. The molecule has 0 saturated heterocycles. The number of carbonyl (C=O) groups excluding carboxylic acids is 1. The summed E-state index contributed by atoms with van der Waals surface area (Å²) in [7, 11) is 0. The van der Waals surface area contributed by atoms with Crippen molar-refractivity contribution in [3.05, 3.63) is 0 Å². The molecule has 0 aromatic rings. The van der Waals surface area contributed by atoms with Gasteiger partial charge in [-0.3, -0.25) is 4.79 Å². The van der Waals surface area contributed by atoms with Gasteiger partial charge in [0.25, 0.3) is 0 Å². The van der Waals surface area contributed by atoms with Gasteiger partial charge in [-0.25, -0.2) is 0 Å². The lowest BCUT2D eigenvalue weighted by atomic mass is 10.1. The van der Waals surface area contributed by atoms with Crippen molar-refractivity contribution in [2.45, 2.75) is 44.6 Å². The van der Waals surface area contributed by atoms with Crippen LogP contribution < -0.4 is 5.32 Å². The molecule has 0 aliphatic heterocycles. The Hall–Kier alpha value is -0.180. The number of hydrogen-bond donors (Lipinski definition) is 1. The predicted octanol–water partition coefficient (Wildman–Crippen LogP) is 2.19. The van der Waals surface area contributed by atoms with E-state index in [2.05, 4.69) is 5.32 Å². The Bertz CT molecular complexity index is 153. The van der Waals surface area contributed by atoms with Crippen LogP contribution in [0.1, 0.15) is 38.5 Å². The van der Waals surface area contributed by atoms with Gasteiger partial charge in [0, 0.05) is 6.04 Å². The van der Waals surface area contributed by atoms with Crippen LogP contribution in [-0.4, -0.2) is 24.0 Å². The number of nitrogens with one attached hydrogen (secondary N) is 1. The summed E-state index contributed by atoms with van der Waals surface area (Å²) in [4.78, 5) is 11.3. The monoisotopic (exact) mass is 201 g/mol. The Morgan fingerprint density at radius 1 is 1.31 bits per heavy atom. The highest BCUT2D eigenvalue weighted by atomic mass is 32.2. The molecule has 0 atom stereocenters. The summed E-state index contributed by atoms with van der Waals surface area (Å²) in [5, 5.41) is 3.10. The summed E-state index contributed by atoms with van der Waals surface area (Å²) in [6.07, 6.45) is 9.57. The molecule has 1 rings (SSSR count). The van der Waals surface area contributed by atoms with Crippen molar-refractivity contribution >= 4 is 17.7 Å². The van der Waals surface area contributed by atoms with E-state index in [9.17, 15) is 4.79 Å². The van der Waals surface area contributed by atoms with E-state index >= 15 is 0 Å². The normalized spacial score (nSPS) is 19.5. The molecular formula is C10H19NOS. The maximum atomic E-state index is 11.3. The van der Waals surface area contributed by atoms with Crippen LogP contribution >= 0.6 is 11.8 Å². The van der Waals surface area contributed by atoms with Crippen LogP contribution in [0.2, 0.25) is 0 Å². The van der Waals surface area contributed by atoms with Crippen molar-refractivity contribution in [3.63, 3.8) is 0 Å². The number of amides is 1. The molecule has 2 nitrogen and oxygen atoms in total. The van der Waals surface area contributed by atoms with Crippen molar-refractivity contribution in [3.8, 4) is 0 Å². The Morgan fingerprint density at radius 3 is 2.46 bits per heavy atom. The van der Waals surface area contributed by atoms with Crippen molar-refractivity contribution in [1.29, 1.82) is 0 Å². The van der Waals surface area contributed by atoms with Gasteiger partial charge in [-0.2, -0.15) is 11.8 Å². The van der Waals surface area contributed by atoms with Gasteiger partial charge in [-0.1, -0.05) is 25.7 Å². The van der Waals surface area contributed by atoms with Crippen LogP contribution in [0.5, 0.6) is 0 Å². The molecule has 0 aromatic carbocycles. The number of carbonyl (C=O) groups is 1. The first kappa shape index (κ1) is 10.9. The van der Waals surface area contributed by atoms with E-state index in [1.165, 1.54) is 38.5 Å². The standard InChI is InChI=1S/C10H19NOS/c1-13-8-10(12)11-9-6-4-2-3-5-7-9/h9H,2-8H2,1H3,(H,11,12). The second-order valence-corrected chi connectivity index (χ2v) is 4.56. The average molecular weight is 201 g/mol. The van der Waals surface area contributed by atoms with Crippen LogP contribution in [0.15, 0.2) is 0 Å². The molecule has 0 unspecified atom stereocenters. The molecule has 0 spiro atoms. The van der Waals surface area contributed by atoms with Crippen LogP contribution in [0, 0.1) is 0 Å². The van der Waals surface area contributed by atoms with Crippen LogP contribution in [-0.2, 0) is 4.79 Å². The quantitative estimate of drug-likeness (QED) is 0.709. The smallest absolute Gasteiger partial charge is 0.230 e. The Kier molecular flexibility index (Phi) is 5.28. The maximum absolute atomic E-state index is 11.3. The molecule has 0 bridgehead atoms. The average Bonchev–Trinajstić information content (AvgIpc) is 2.33. The predicted molar refractivity (Wildman–Crippen MR) is 58.0 cm³/mol. The zero-order valence-electron chi connectivity index (χ0n) is 8.34. The maximum Gasteiger partial charge on any atom is 0.230 e. The highest BCUT2D eigenvalue weighted by Crippen LogP contribution is 2.17. The van der Waals surface area contributed by atoms with E-state index in [0.717, 1.165) is 0 Å². The first-order chi connectivity index (χ1) is 6.33. The Balaban J connectivity index is 2.21. The lowest BCUT2D eigenvalue weighted by Crippen LogP contribution is -2.35. The van der Waals surface area contributed by atoms with Crippen LogP contribution in [0.4, 0.5) is 0 Å². The minimum absolute atomic E-state index is 0.208. The van der Waals surface area contributed by atoms with Gasteiger partial charge in [0.1, 0.15) is 0 Å². The SMILES string of the molecule is CSCC(=O)NC1CCCCCC1. The first-order valence-corrected chi connectivity index (χ1v) is 6.50. The van der Waals surface area contributed by atoms with Crippen molar-refractivity contribution in [2.24, 2.45) is 0 Å². The molecule has 0 heterocycles. The largest absolute Gasteiger partial charge is 0.353 e. The summed E-state index contributed by atoms with van der Waals surface area (Å²) in [5.41, 5.74) is 0. The summed E-state index contributed by atoms with van der Waals surface area (Å²) in [5.74, 6) is 0.815. The molecule has 1 fully saturated rings. The van der Waals surface area contributed by atoms with Crippen molar-refractivity contribution in [2.75, 3.05) is 12.0 Å². The van der Waals surface area contributed by atoms with E-state index in [-0.39, 0.29) is 5.91 Å². The van der Waals surface area contributed by atoms with E-state index < -0.39 is 0 Å². The van der Waals surface area contributed by atoms with Gasteiger partial charge >= 0.3 is 0 Å². The van der Waals surface area contributed by atoms with Gasteiger partial charge in [0.15, 0.2) is 0 Å². The van der Waals surface area contributed by atoms with Crippen molar-refractivity contribution < 1.29 is 4.79 Å². The summed E-state index contributed by atoms with van der Waals surface area (Å²) < 4.78 is 0. The molecule has 0 radical (unpaired) electrons. The number of hydrogen-bond acceptors (Lipinski definition) is 2. The minimum atomic E-state index is 0.208. The fourth-order valence-electron chi connectivity index (χ4n) is 1.82. The molecule has 76 valence electrons. The molecule has 1 amide bonds. The Labute approximate surface area is 84.9 Å². The fraction of sp³-hybridized carbons (Fsp3) is 0.900. The molecule has 1 N–H and O–H groups in total. The second kappa shape index (κ2) is 6.30. The third-order valence-corrected chi connectivity index (χ3v) is 3.05. The van der Waals surface area contributed by atoms with Gasteiger partial charge in [0.05, 0.1) is 5.75 Å². The summed E-state index contributed by atoms with van der Waals surface area (Å²) in [6.45, 7) is 0. The van der Waals surface area contributed by atoms with Gasteiger partial charge in [0.2, 0.25) is 5.91 Å². The molecule has 3 heteroatoms. The van der Waals surface area contributed by atoms with Gasteiger partial charge < -0.3 is 5.32 Å². The molecule has 1 aliphatic rings. The minimum Gasteiger partial charge on any atom is -0.353 e. The highest BCUT2D eigenvalue weighted by Gasteiger charge is 2.13. The van der Waals surface area contributed by atoms with E-state index in [0.29, 0.717) is 11.8 Å². The molecule has 1 saturated carbocycles. The van der Waals surface area contributed by atoms with Gasteiger partial charge in [-0.15, -0.1) is 0 Å². The first-order valence-electron chi connectivity index (χ1n) is 5.11. The lowest BCUT2D eigenvalue weighted by molar-refractivity contribution is -0.119. The summed E-state index contributed by atoms with van der Waals surface area (Å²) in [6, 6.07) is 0.460. The van der Waals surface area contributed by atoms with Crippen molar-refractivity contribution in [1.82, 2.24) is 5.32 Å². The van der Waals surface area contributed by atoms with E-state index in [1.54, 1.807) is 11.8 Å². The molecule has 1 aliphatic carbocycles. The zero-order chi connectivity index (χ0) is 9.52. The third kappa shape index (κ3) is 4.55. The topological polar surface area (TPSA) is 29.1 Å². The fourth-order valence-corrected chi connectivity index (χ4v) is 2.17. The number of rotatable bonds is 3. The highest BCUT2D eigenvalue weighted by molar-refractivity contribution is 7.99. The van der Waals surface area contributed by atoms with Crippen LogP contribution in [0.25, 0.3) is 0 Å². The summed E-state index contributed by atoms with van der Waals surface area (Å²) >= 11 is 1.59. The molecular weight excluding hydrogens is 182 g/mol.